The molecule has 0 spiro atoms. The van der Waals surface area contributed by atoms with Crippen molar-refractivity contribution in [1.29, 1.82) is 0 Å². The van der Waals surface area contributed by atoms with Crippen LogP contribution in [-0.4, -0.2) is 34.2 Å². The van der Waals surface area contributed by atoms with Crippen LogP contribution in [0.15, 0.2) is 55.1 Å². The second-order valence-corrected chi connectivity index (χ2v) is 4.66. The summed E-state index contributed by atoms with van der Waals surface area (Å²) in [5.74, 6) is -0.253. The minimum atomic E-state index is -1.17. The SMILES string of the molecule is C=CCC1C(=O)C=CC(O)N1C(=O)OCc1ccccc1. The number of carbonyl (C=O) groups is 2. The number of amides is 1. The van der Waals surface area contributed by atoms with E-state index < -0.39 is 18.4 Å². The van der Waals surface area contributed by atoms with Crippen molar-refractivity contribution in [3.63, 3.8) is 0 Å². The zero-order chi connectivity index (χ0) is 15.2. The fourth-order valence-corrected chi connectivity index (χ4v) is 2.12. The third kappa shape index (κ3) is 3.58. The first-order valence-corrected chi connectivity index (χ1v) is 6.63. The van der Waals surface area contributed by atoms with E-state index >= 15 is 0 Å². The molecule has 21 heavy (non-hydrogen) atoms. The number of aliphatic hydroxyl groups is 1. The first-order valence-electron chi connectivity index (χ1n) is 6.63. The Bertz CT molecular complexity index is 553. The van der Waals surface area contributed by atoms with Crippen LogP contribution < -0.4 is 0 Å². The van der Waals surface area contributed by atoms with Gasteiger partial charge in [0.25, 0.3) is 0 Å². The number of hydrogen-bond donors (Lipinski definition) is 1. The van der Waals surface area contributed by atoms with Crippen LogP contribution in [0, 0.1) is 0 Å². The predicted octanol–water partition coefficient (Wildman–Crippen LogP) is 2.03. The van der Waals surface area contributed by atoms with E-state index in [0.717, 1.165) is 10.5 Å². The van der Waals surface area contributed by atoms with Gasteiger partial charge in [-0.25, -0.2) is 4.79 Å². The topological polar surface area (TPSA) is 66.8 Å². The molecule has 1 N–H and O–H groups in total. The van der Waals surface area contributed by atoms with Gasteiger partial charge in [-0.15, -0.1) is 6.58 Å². The van der Waals surface area contributed by atoms with E-state index in [0.29, 0.717) is 0 Å². The number of benzene rings is 1. The number of carbonyl (C=O) groups excluding carboxylic acids is 2. The summed E-state index contributed by atoms with van der Waals surface area (Å²) < 4.78 is 5.17. The summed E-state index contributed by atoms with van der Waals surface area (Å²) in [5.41, 5.74) is 0.833. The lowest BCUT2D eigenvalue weighted by Gasteiger charge is -2.34. The van der Waals surface area contributed by atoms with Crippen molar-refractivity contribution in [1.82, 2.24) is 4.90 Å². The molecule has 2 atom stereocenters. The Morgan fingerprint density at radius 3 is 2.76 bits per heavy atom. The van der Waals surface area contributed by atoms with Gasteiger partial charge in [-0.3, -0.25) is 9.69 Å². The average Bonchev–Trinajstić information content (AvgIpc) is 2.50. The molecule has 0 aromatic heterocycles. The molecule has 0 saturated heterocycles. The Hall–Kier alpha value is -2.40. The summed E-state index contributed by atoms with van der Waals surface area (Å²) in [4.78, 5) is 25.0. The van der Waals surface area contributed by atoms with Gasteiger partial charge >= 0.3 is 6.09 Å². The van der Waals surface area contributed by atoms with Crippen molar-refractivity contribution in [3.05, 3.63) is 60.7 Å². The normalized spacial score (nSPS) is 21.2. The number of ketones is 1. The van der Waals surface area contributed by atoms with Gasteiger partial charge in [0.1, 0.15) is 12.6 Å². The van der Waals surface area contributed by atoms with Crippen molar-refractivity contribution >= 4 is 11.9 Å². The first-order chi connectivity index (χ1) is 10.1. The molecule has 0 fully saturated rings. The van der Waals surface area contributed by atoms with Crippen LogP contribution in [0.3, 0.4) is 0 Å². The lowest BCUT2D eigenvalue weighted by Crippen LogP contribution is -2.52. The molecule has 2 unspecified atom stereocenters. The van der Waals surface area contributed by atoms with Gasteiger partial charge in [-0.05, 0) is 24.1 Å². The van der Waals surface area contributed by atoms with Crippen LogP contribution >= 0.6 is 0 Å². The molecular formula is C16H17NO4. The van der Waals surface area contributed by atoms with Crippen LogP contribution in [0.25, 0.3) is 0 Å². The predicted molar refractivity (Wildman–Crippen MR) is 77.2 cm³/mol. The second kappa shape index (κ2) is 6.85. The van der Waals surface area contributed by atoms with Crippen molar-refractivity contribution in [2.24, 2.45) is 0 Å². The van der Waals surface area contributed by atoms with Gasteiger partial charge in [0.05, 0.1) is 0 Å². The fourth-order valence-electron chi connectivity index (χ4n) is 2.12. The van der Waals surface area contributed by atoms with Gasteiger partial charge in [0.2, 0.25) is 0 Å². The van der Waals surface area contributed by atoms with Gasteiger partial charge in [0, 0.05) is 0 Å². The van der Waals surface area contributed by atoms with E-state index in [-0.39, 0.29) is 18.8 Å². The fraction of sp³-hybridized carbons (Fsp3) is 0.250. The molecule has 0 bridgehead atoms. The maximum absolute atomic E-state index is 12.1. The Labute approximate surface area is 123 Å². The summed E-state index contributed by atoms with van der Waals surface area (Å²) >= 11 is 0. The number of aliphatic hydroxyl groups excluding tert-OH is 1. The average molecular weight is 287 g/mol. The molecule has 110 valence electrons. The molecule has 1 amide bonds. The molecule has 0 aliphatic carbocycles. The molecule has 1 heterocycles. The van der Waals surface area contributed by atoms with Crippen molar-refractivity contribution < 1.29 is 19.4 Å². The molecule has 5 heteroatoms. The standard InChI is InChI=1S/C16H17NO4/c1-2-6-13-14(18)9-10-15(19)17(13)16(20)21-11-12-7-4-3-5-8-12/h2-5,7-10,13,15,19H,1,6,11H2. The minimum Gasteiger partial charge on any atom is -0.444 e. The molecule has 1 aliphatic heterocycles. The Morgan fingerprint density at radius 1 is 1.38 bits per heavy atom. The van der Waals surface area contributed by atoms with Gasteiger partial charge < -0.3 is 9.84 Å². The third-order valence-corrected chi connectivity index (χ3v) is 3.19. The number of hydrogen-bond acceptors (Lipinski definition) is 4. The van der Waals surface area contributed by atoms with E-state index in [2.05, 4.69) is 6.58 Å². The van der Waals surface area contributed by atoms with Crippen molar-refractivity contribution in [2.75, 3.05) is 0 Å². The van der Waals surface area contributed by atoms with Crippen LogP contribution in [0.2, 0.25) is 0 Å². The molecule has 5 nitrogen and oxygen atoms in total. The van der Waals surface area contributed by atoms with Crippen LogP contribution in [0.1, 0.15) is 12.0 Å². The summed E-state index contributed by atoms with van der Waals surface area (Å²) in [5, 5.41) is 9.90. The maximum atomic E-state index is 12.1. The van der Waals surface area contributed by atoms with Gasteiger partial charge in [-0.1, -0.05) is 36.4 Å². The highest BCUT2D eigenvalue weighted by Crippen LogP contribution is 2.18. The van der Waals surface area contributed by atoms with E-state index in [1.807, 2.05) is 30.3 Å². The zero-order valence-corrected chi connectivity index (χ0v) is 11.5. The summed E-state index contributed by atoms with van der Waals surface area (Å²) in [6, 6.07) is 8.42. The Morgan fingerprint density at radius 2 is 2.10 bits per heavy atom. The zero-order valence-electron chi connectivity index (χ0n) is 11.5. The van der Waals surface area contributed by atoms with Crippen molar-refractivity contribution in [2.45, 2.75) is 25.3 Å². The Kier molecular flexibility index (Phi) is 4.90. The Balaban J connectivity index is 2.06. The van der Waals surface area contributed by atoms with E-state index in [4.69, 9.17) is 4.74 Å². The lowest BCUT2D eigenvalue weighted by molar-refractivity contribution is -0.123. The summed E-state index contributed by atoms with van der Waals surface area (Å²) in [6.07, 6.45) is 2.45. The van der Waals surface area contributed by atoms with E-state index in [1.54, 1.807) is 0 Å². The largest absolute Gasteiger partial charge is 0.444 e. The van der Waals surface area contributed by atoms with E-state index in [9.17, 15) is 14.7 Å². The maximum Gasteiger partial charge on any atom is 0.413 e. The van der Waals surface area contributed by atoms with Crippen molar-refractivity contribution in [3.8, 4) is 0 Å². The van der Waals surface area contributed by atoms with Crippen LogP contribution in [0.5, 0.6) is 0 Å². The van der Waals surface area contributed by atoms with Gasteiger partial charge in [0.15, 0.2) is 12.0 Å². The van der Waals surface area contributed by atoms with Crippen LogP contribution in [-0.2, 0) is 16.1 Å². The molecule has 2 rings (SSSR count). The number of nitrogens with zero attached hydrogens (tertiary/aromatic N) is 1. The molecule has 1 aromatic rings. The monoisotopic (exact) mass is 287 g/mol. The quantitative estimate of drug-likeness (QED) is 0.860. The smallest absolute Gasteiger partial charge is 0.413 e. The lowest BCUT2D eigenvalue weighted by atomic mass is 10.0. The number of rotatable bonds is 4. The molecule has 0 saturated carbocycles. The van der Waals surface area contributed by atoms with Crippen LogP contribution in [0.4, 0.5) is 4.79 Å². The van der Waals surface area contributed by atoms with Gasteiger partial charge in [-0.2, -0.15) is 0 Å². The highest BCUT2D eigenvalue weighted by molar-refractivity contribution is 5.97. The summed E-state index contributed by atoms with van der Waals surface area (Å²) in [7, 11) is 0. The van der Waals surface area contributed by atoms with E-state index in [1.165, 1.54) is 18.2 Å². The molecule has 0 radical (unpaired) electrons. The molecule has 1 aliphatic rings. The summed E-state index contributed by atoms with van der Waals surface area (Å²) in [6.45, 7) is 3.65. The molecular weight excluding hydrogens is 270 g/mol. The highest BCUT2D eigenvalue weighted by Gasteiger charge is 2.35. The second-order valence-electron chi connectivity index (χ2n) is 4.66. The third-order valence-electron chi connectivity index (χ3n) is 3.19. The highest BCUT2D eigenvalue weighted by atomic mass is 16.6. The minimum absolute atomic E-state index is 0.0849. The number of ether oxygens (including phenoxy) is 1. The first kappa shape index (κ1) is 15.0. The molecule has 1 aromatic carbocycles.